The molecule has 0 spiro atoms. The maximum absolute atomic E-state index is 12.3. The molecule has 1 aliphatic rings. The highest BCUT2D eigenvalue weighted by molar-refractivity contribution is 6.15. The summed E-state index contributed by atoms with van der Waals surface area (Å²) in [5.41, 5.74) is 3.26. The molecule has 0 saturated carbocycles. The van der Waals surface area contributed by atoms with E-state index >= 15 is 0 Å². The van der Waals surface area contributed by atoms with Crippen molar-refractivity contribution in [1.29, 1.82) is 0 Å². The van der Waals surface area contributed by atoms with Crippen LogP contribution in [-0.2, 0) is 4.79 Å². The third kappa shape index (κ3) is 2.22. The van der Waals surface area contributed by atoms with E-state index in [-0.39, 0.29) is 11.3 Å². The smallest absolute Gasteiger partial charge is 0.360 e. The molecule has 3 N–H and O–H groups in total. The second-order valence-corrected chi connectivity index (χ2v) is 4.34. The van der Waals surface area contributed by atoms with Crippen LogP contribution in [0, 0.1) is 0 Å². The molecule has 21 heavy (non-hydrogen) atoms. The molecule has 0 aliphatic carbocycles. The van der Waals surface area contributed by atoms with Crippen LogP contribution in [-0.4, -0.2) is 29.2 Å². The number of aromatic amines is 1. The zero-order valence-corrected chi connectivity index (χ0v) is 10.2. The van der Waals surface area contributed by atoms with E-state index in [0.29, 0.717) is 16.5 Å². The Hall–Kier alpha value is -2.84. The average Bonchev–Trinajstić information content (AvgIpc) is 2.72. The molecule has 108 valence electrons. The first-order valence-corrected chi connectivity index (χ1v) is 5.73. The van der Waals surface area contributed by atoms with Crippen LogP contribution in [0.5, 0.6) is 0 Å². The van der Waals surface area contributed by atoms with Crippen molar-refractivity contribution in [3.05, 3.63) is 29.5 Å². The lowest BCUT2D eigenvalue weighted by molar-refractivity contribution is -0.167. The largest absolute Gasteiger partial charge is 0.471 e. The van der Waals surface area contributed by atoms with Gasteiger partial charge in [-0.15, -0.1) is 0 Å². The van der Waals surface area contributed by atoms with Gasteiger partial charge in [-0.1, -0.05) is 0 Å². The van der Waals surface area contributed by atoms with E-state index < -0.39 is 18.0 Å². The molecule has 1 aromatic carbocycles. The minimum Gasteiger partial charge on any atom is -0.360 e. The van der Waals surface area contributed by atoms with Crippen molar-refractivity contribution in [2.24, 2.45) is 5.10 Å². The van der Waals surface area contributed by atoms with E-state index in [0.717, 1.165) is 0 Å². The lowest BCUT2D eigenvalue weighted by Gasteiger charge is -2.10. The molecule has 2 aromatic rings. The summed E-state index contributed by atoms with van der Waals surface area (Å²) in [7, 11) is 0. The van der Waals surface area contributed by atoms with Crippen LogP contribution >= 0.6 is 0 Å². The average molecular weight is 296 g/mol. The Morgan fingerprint density at radius 1 is 1.29 bits per heavy atom. The summed E-state index contributed by atoms with van der Waals surface area (Å²) in [4.78, 5) is 25.6. The molecule has 0 bridgehead atoms. The maximum atomic E-state index is 12.3. The number of hydrazone groups is 1. The predicted octanol–water partition coefficient (Wildman–Crippen LogP) is 1.75. The van der Waals surface area contributed by atoms with Crippen LogP contribution in [0.2, 0.25) is 0 Å². The molecule has 1 aromatic heterocycles. The van der Waals surface area contributed by atoms with Gasteiger partial charge in [0.05, 0.1) is 11.8 Å². The fraction of sp³-hybridized carbons (Fsp3) is 0.0833. The van der Waals surface area contributed by atoms with Crippen molar-refractivity contribution in [1.82, 2.24) is 10.4 Å². The Kier molecular flexibility index (Phi) is 2.71. The van der Waals surface area contributed by atoms with Gasteiger partial charge in [0.2, 0.25) is 0 Å². The zero-order chi connectivity index (χ0) is 15.2. The van der Waals surface area contributed by atoms with Crippen LogP contribution in [0.1, 0.15) is 15.9 Å². The number of rotatable bonds is 1. The topological polar surface area (TPSA) is 86.3 Å². The molecular weight excluding hydrogens is 289 g/mol. The van der Waals surface area contributed by atoms with Crippen molar-refractivity contribution in [3.8, 4) is 0 Å². The number of carbonyl (C=O) groups excluding carboxylic acids is 2. The van der Waals surface area contributed by atoms with Gasteiger partial charge in [-0.2, -0.15) is 18.3 Å². The molecule has 0 atom stereocenters. The molecule has 0 saturated heterocycles. The highest BCUT2D eigenvalue weighted by Gasteiger charge is 2.38. The van der Waals surface area contributed by atoms with Gasteiger partial charge in [0.15, 0.2) is 0 Å². The first-order chi connectivity index (χ1) is 9.86. The first kappa shape index (κ1) is 13.2. The molecule has 3 rings (SSSR count). The highest BCUT2D eigenvalue weighted by Crippen LogP contribution is 2.28. The minimum absolute atomic E-state index is 0.124. The number of H-pyrrole nitrogens is 1. The fourth-order valence-electron chi connectivity index (χ4n) is 2.07. The van der Waals surface area contributed by atoms with Crippen LogP contribution in [0.15, 0.2) is 23.4 Å². The van der Waals surface area contributed by atoms with Gasteiger partial charge in [-0.25, -0.2) is 5.43 Å². The molecule has 1 aliphatic heterocycles. The van der Waals surface area contributed by atoms with Crippen molar-refractivity contribution in [2.45, 2.75) is 6.18 Å². The van der Waals surface area contributed by atoms with Gasteiger partial charge >= 0.3 is 12.1 Å². The van der Waals surface area contributed by atoms with Crippen molar-refractivity contribution in [2.75, 3.05) is 5.32 Å². The number of anilines is 1. The number of alkyl halides is 3. The summed E-state index contributed by atoms with van der Waals surface area (Å²) in [5.74, 6) is -2.68. The number of halogens is 3. The molecule has 0 fully saturated rings. The molecule has 0 radical (unpaired) electrons. The predicted molar refractivity (Wildman–Crippen MR) is 68.0 cm³/mol. The Labute approximate surface area is 115 Å². The van der Waals surface area contributed by atoms with E-state index in [9.17, 15) is 22.8 Å². The lowest BCUT2D eigenvalue weighted by atomic mass is 10.1. The summed E-state index contributed by atoms with van der Waals surface area (Å²) < 4.78 is 36.8. The molecule has 0 unspecified atom stereocenters. The maximum Gasteiger partial charge on any atom is 0.471 e. The molecule has 9 heteroatoms. The van der Waals surface area contributed by atoms with E-state index in [2.05, 4.69) is 15.5 Å². The van der Waals surface area contributed by atoms with Gasteiger partial charge in [0.25, 0.3) is 5.91 Å². The molecule has 2 heterocycles. The van der Waals surface area contributed by atoms with E-state index in [1.807, 2.05) is 0 Å². The van der Waals surface area contributed by atoms with Gasteiger partial charge in [-0.3, -0.25) is 9.59 Å². The van der Waals surface area contributed by atoms with E-state index in [4.69, 9.17) is 0 Å². The number of amides is 2. The van der Waals surface area contributed by atoms with Crippen LogP contribution in [0.3, 0.4) is 0 Å². The third-order valence-corrected chi connectivity index (χ3v) is 2.94. The number of aromatic nitrogens is 1. The van der Waals surface area contributed by atoms with Gasteiger partial charge in [0, 0.05) is 28.4 Å². The molecule has 6 nitrogen and oxygen atoms in total. The Morgan fingerprint density at radius 2 is 2.05 bits per heavy atom. The van der Waals surface area contributed by atoms with Crippen LogP contribution in [0.4, 0.5) is 18.9 Å². The Balaban J connectivity index is 2.10. The van der Waals surface area contributed by atoms with E-state index in [1.54, 1.807) is 11.5 Å². The van der Waals surface area contributed by atoms with Gasteiger partial charge < -0.3 is 10.3 Å². The number of carbonyl (C=O) groups is 2. The third-order valence-electron chi connectivity index (χ3n) is 2.94. The summed E-state index contributed by atoms with van der Waals surface area (Å²) in [6.45, 7) is 0. The quantitative estimate of drug-likeness (QED) is 0.748. The van der Waals surface area contributed by atoms with Crippen molar-refractivity contribution >= 4 is 34.6 Å². The number of hydrogen-bond donors (Lipinski definition) is 3. The summed E-state index contributed by atoms with van der Waals surface area (Å²) in [6.07, 6.45) is -2.02. The molecule has 2 amide bonds. The minimum atomic E-state index is -5.00. The van der Waals surface area contributed by atoms with Gasteiger partial charge in [0.1, 0.15) is 0 Å². The Bertz CT molecular complexity index is 792. The van der Waals surface area contributed by atoms with Crippen molar-refractivity contribution < 1.29 is 22.8 Å². The summed E-state index contributed by atoms with van der Waals surface area (Å²) in [5, 5.41) is 5.93. The second kappa shape index (κ2) is 4.33. The highest BCUT2D eigenvalue weighted by atomic mass is 19.4. The standard InChI is InChI=1S/C12H7F3N4O2/c13-12(14,15)11(21)18-6-1-7-9-5(3-16-8(9)2-6)4-17-19-10(7)20/h1-4,16H,(H,18,21)(H,19,20). The summed E-state index contributed by atoms with van der Waals surface area (Å²) >= 11 is 0. The number of benzene rings is 1. The SMILES string of the molecule is O=C1NN=Cc2c[nH]c3cc(NC(=O)C(F)(F)F)cc1c23. The number of hydrogen-bond acceptors (Lipinski definition) is 3. The normalized spacial score (nSPS) is 14.0. The molecular formula is C12H7F3N4O2. The lowest BCUT2D eigenvalue weighted by Crippen LogP contribution is -2.30. The number of nitrogens with zero attached hydrogens (tertiary/aromatic N) is 1. The Morgan fingerprint density at radius 3 is 2.76 bits per heavy atom. The number of nitrogens with one attached hydrogen (secondary N) is 3. The van der Waals surface area contributed by atoms with Gasteiger partial charge in [-0.05, 0) is 12.1 Å². The van der Waals surface area contributed by atoms with Crippen molar-refractivity contribution in [3.63, 3.8) is 0 Å². The first-order valence-electron chi connectivity index (χ1n) is 5.73. The second-order valence-electron chi connectivity index (χ2n) is 4.34. The zero-order valence-electron chi connectivity index (χ0n) is 10.2. The monoisotopic (exact) mass is 296 g/mol. The van der Waals surface area contributed by atoms with E-state index in [1.165, 1.54) is 18.3 Å². The van der Waals surface area contributed by atoms with Crippen LogP contribution < -0.4 is 10.7 Å². The summed E-state index contributed by atoms with van der Waals surface area (Å²) in [6, 6.07) is 2.49. The fourth-order valence-corrected chi connectivity index (χ4v) is 2.07. The van der Waals surface area contributed by atoms with Crippen LogP contribution in [0.25, 0.3) is 10.9 Å².